The van der Waals surface area contributed by atoms with Crippen LogP contribution < -0.4 is 0 Å². The first kappa shape index (κ1) is 12.3. The highest BCUT2D eigenvalue weighted by Crippen LogP contribution is 2.12. The minimum atomic E-state index is 1.16. The monoisotopic (exact) mass is 206 g/mol. The molecule has 1 nitrogen and oxygen atoms in total. The van der Waals surface area contributed by atoms with Crippen LogP contribution >= 0.6 is 0 Å². The fourth-order valence-electron chi connectivity index (χ4n) is 1.91. The third-order valence-corrected chi connectivity index (χ3v) is 3.22. The second-order valence-electron chi connectivity index (χ2n) is 4.66. The summed E-state index contributed by atoms with van der Waals surface area (Å²) in [6.45, 7) is 8.23. The van der Waals surface area contributed by atoms with Crippen molar-refractivity contribution >= 4 is 0 Å². The summed E-state index contributed by atoms with van der Waals surface area (Å²) in [6.07, 6.45) is 2.62. The van der Waals surface area contributed by atoms with Gasteiger partial charge in [-0.25, -0.2) is 0 Å². The molecule has 0 heterocycles. The van der Waals surface area contributed by atoms with Crippen molar-refractivity contribution in [1.82, 2.24) is 0 Å². The third kappa shape index (κ3) is 4.05. The molecule has 0 aromatic heterocycles. The van der Waals surface area contributed by atoms with Crippen LogP contribution in [0.3, 0.4) is 0 Å². The number of quaternary nitrogens is 1. The van der Waals surface area contributed by atoms with Crippen molar-refractivity contribution in [2.24, 2.45) is 0 Å². The Morgan fingerprint density at radius 2 is 1.73 bits per heavy atom. The van der Waals surface area contributed by atoms with Gasteiger partial charge in [0.1, 0.15) is 6.54 Å². The second-order valence-corrected chi connectivity index (χ2v) is 4.66. The van der Waals surface area contributed by atoms with Crippen molar-refractivity contribution in [3.8, 4) is 0 Å². The maximum Gasteiger partial charge on any atom is 0.104 e. The smallest absolute Gasteiger partial charge is 0.104 e. The Kier molecular flexibility index (Phi) is 4.83. The molecule has 0 spiro atoms. The lowest BCUT2D eigenvalue weighted by Crippen LogP contribution is -2.43. The number of hydrogen-bond donors (Lipinski definition) is 0. The zero-order chi connectivity index (χ0) is 11.1. The zero-order valence-electron chi connectivity index (χ0n) is 10.4. The number of unbranched alkanes of at least 4 members (excludes halogenated alkanes) is 1. The van der Waals surface area contributed by atoms with Gasteiger partial charge in [-0.2, -0.15) is 0 Å². The molecule has 84 valence electrons. The van der Waals surface area contributed by atoms with E-state index in [4.69, 9.17) is 0 Å². The Morgan fingerprint density at radius 1 is 1.07 bits per heavy atom. The van der Waals surface area contributed by atoms with Crippen LogP contribution in [0.15, 0.2) is 30.3 Å². The maximum absolute atomic E-state index is 2.36. The molecule has 1 unspecified atom stereocenters. The van der Waals surface area contributed by atoms with E-state index in [0.29, 0.717) is 0 Å². The Morgan fingerprint density at radius 3 is 2.27 bits per heavy atom. The molecular formula is C14H24N+. The Hall–Kier alpha value is -0.820. The van der Waals surface area contributed by atoms with Gasteiger partial charge in [-0.3, -0.25) is 0 Å². The molecule has 1 aromatic rings. The van der Waals surface area contributed by atoms with Crippen LogP contribution in [0.1, 0.15) is 32.3 Å². The topological polar surface area (TPSA) is 0 Å². The van der Waals surface area contributed by atoms with Gasteiger partial charge >= 0.3 is 0 Å². The summed E-state index contributed by atoms with van der Waals surface area (Å²) >= 11 is 0. The Balaban J connectivity index is 2.59. The predicted octanol–water partition coefficient (Wildman–Crippen LogP) is 3.45. The highest BCUT2D eigenvalue weighted by Gasteiger charge is 2.18. The molecule has 1 rings (SSSR count). The van der Waals surface area contributed by atoms with Crippen molar-refractivity contribution < 1.29 is 4.48 Å². The highest BCUT2D eigenvalue weighted by atomic mass is 15.3. The summed E-state index contributed by atoms with van der Waals surface area (Å²) in [6, 6.07) is 10.8. The van der Waals surface area contributed by atoms with Gasteiger partial charge in [0, 0.05) is 5.56 Å². The highest BCUT2D eigenvalue weighted by molar-refractivity contribution is 5.13. The lowest BCUT2D eigenvalue weighted by molar-refractivity contribution is -0.921. The van der Waals surface area contributed by atoms with Crippen molar-refractivity contribution in [2.45, 2.75) is 33.2 Å². The molecule has 15 heavy (non-hydrogen) atoms. The number of nitrogens with zero attached hydrogens (tertiary/aromatic N) is 1. The molecule has 0 saturated heterocycles. The van der Waals surface area contributed by atoms with Crippen molar-refractivity contribution in [3.63, 3.8) is 0 Å². The second kappa shape index (κ2) is 5.92. The summed E-state index contributed by atoms with van der Waals surface area (Å²) < 4.78 is 1.16. The van der Waals surface area contributed by atoms with Gasteiger partial charge in [0.2, 0.25) is 0 Å². The molecule has 0 amide bonds. The van der Waals surface area contributed by atoms with E-state index < -0.39 is 0 Å². The van der Waals surface area contributed by atoms with Gasteiger partial charge in [0.15, 0.2) is 0 Å². The van der Waals surface area contributed by atoms with E-state index in [1.165, 1.54) is 31.5 Å². The largest absolute Gasteiger partial charge is 0.323 e. The molecule has 0 fully saturated rings. The van der Waals surface area contributed by atoms with Gasteiger partial charge in [-0.05, 0) is 13.3 Å². The van der Waals surface area contributed by atoms with Crippen LogP contribution in [0.4, 0.5) is 0 Å². The van der Waals surface area contributed by atoms with Crippen molar-refractivity contribution in [3.05, 3.63) is 35.9 Å². The molecule has 1 atom stereocenters. The maximum atomic E-state index is 2.36. The van der Waals surface area contributed by atoms with Gasteiger partial charge in [0.25, 0.3) is 0 Å². The average molecular weight is 206 g/mol. The predicted molar refractivity (Wildman–Crippen MR) is 66.6 cm³/mol. The summed E-state index contributed by atoms with van der Waals surface area (Å²) in [5.74, 6) is 0. The average Bonchev–Trinajstić information content (AvgIpc) is 2.28. The Bertz CT molecular complexity index is 268. The van der Waals surface area contributed by atoms with Crippen molar-refractivity contribution in [2.75, 3.05) is 20.1 Å². The zero-order valence-corrected chi connectivity index (χ0v) is 10.4. The van der Waals surface area contributed by atoms with Gasteiger partial charge < -0.3 is 4.48 Å². The molecular weight excluding hydrogens is 182 g/mol. The van der Waals surface area contributed by atoms with Crippen LogP contribution in [0.25, 0.3) is 0 Å². The van der Waals surface area contributed by atoms with E-state index in [2.05, 4.69) is 51.2 Å². The quantitative estimate of drug-likeness (QED) is 0.625. The molecule has 1 aromatic carbocycles. The van der Waals surface area contributed by atoms with Crippen LogP contribution in [0, 0.1) is 0 Å². The summed E-state index contributed by atoms with van der Waals surface area (Å²) in [5.41, 5.74) is 1.46. The third-order valence-electron chi connectivity index (χ3n) is 3.22. The van der Waals surface area contributed by atoms with Crippen LogP contribution in [-0.4, -0.2) is 24.6 Å². The number of hydrogen-bond acceptors (Lipinski definition) is 0. The molecule has 0 bridgehead atoms. The van der Waals surface area contributed by atoms with E-state index in [1.807, 2.05) is 0 Å². The SMILES string of the molecule is CCCC[N+](C)(CC)Cc1ccccc1. The molecule has 0 N–H and O–H groups in total. The Labute approximate surface area is 94.3 Å². The number of rotatable bonds is 6. The van der Waals surface area contributed by atoms with E-state index in [1.54, 1.807) is 0 Å². The number of benzene rings is 1. The lowest BCUT2D eigenvalue weighted by Gasteiger charge is -2.33. The van der Waals surface area contributed by atoms with Gasteiger partial charge in [0.05, 0.1) is 20.1 Å². The van der Waals surface area contributed by atoms with E-state index in [0.717, 1.165) is 11.0 Å². The van der Waals surface area contributed by atoms with Gasteiger partial charge in [-0.1, -0.05) is 43.7 Å². The molecule has 0 radical (unpaired) electrons. The minimum absolute atomic E-state index is 1.16. The molecule has 0 aliphatic heterocycles. The molecule has 0 aliphatic rings. The van der Waals surface area contributed by atoms with Crippen LogP contribution in [0.5, 0.6) is 0 Å². The van der Waals surface area contributed by atoms with Crippen LogP contribution in [-0.2, 0) is 6.54 Å². The molecule has 0 saturated carbocycles. The minimum Gasteiger partial charge on any atom is -0.323 e. The van der Waals surface area contributed by atoms with E-state index in [9.17, 15) is 0 Å². The lowest BCUT2D eigenvalue weighted by atomic mass is 10.1. The molecule has 0 aliphatic carbocycles. The molecule has 1 heteroatoms. The fourth-order valence-corrected chi connectivity index (χ4v) is 1.91. The van der Waals surface area contributed by atoms with Crippen molar-refractivity contribution in [1.29, 1.82) is 0 Å². The summed E-state index contributed by atoms with van der Waals surface area (Å²) in [5, 5.41) is 0. The van der Waals surface area contributed by atoms with Crippen LogP contribution in [0.2, 0.25) is 0 Å². The van der Waals surface area contributed by atoms with E-state index >= 15 is 0 Å². The normalized spacial score (nSPS) is 14.9. The first-order chi connectivity index (χ1) is 7.20. The summed E-state index contributed by atoms with van der Waals surface area (Å²) in [4.78, 5) is 0. The summed E-state index contributed by atoms with van der Waals surface area (Å²) in [7, 11) is 2.36. The standard InChI is InChI=1S/C14H24N/c1-4-6-12-15(3,5-2)13-14-10-8-7-9-11-14/h7-11H,4-6,12-13H2,1-3H3/q+1. The van der Waals surface area contributed by atoms with Gasteiger partial charge in [-0.15, -0.1) is 0 Å². The first-order valence-corrected chi connectivity index (χ1v) is 6.07. The first-order valence-electron chi connectivity index (χ1n) is 6.07. The fraction of sp³-hybridized carbons (Fsp3) is 0.571. The van der Waals surface area contributed by atoms with E-state index in [-0.39, 0.29) is 0 Å².